The molecule has 2 aliphatic rings. The Morgan fingerprint density at radius 3 is 2.40 bits per heavy atom. The highest BCUT2D eigenvalue weighted by atomic mass is 35.5. The van der Waals surface area contributed by atoms with Crippen molar-refractivity contribution >= 4 is 56.6 Å². The fourth-order valence-corrected chi connectivity index (χ4v) is 5.00. The van der Waals surface area contributed by atoms with Crippen molar-refractivity contribution in [1.82, 2.24) is 15.0 Å². The summed E-state index contributed by atoms with van der Waals surface area (Å²) < 4.78 is 20.5. The van der Waals surface area contributed by atoms with E-state index in [4.69, 9.17) is 11.6 Å². The number of halogens is 2. The molecule has 2 aromatic carbocycles. The molecule has 2 fully saturated rings. The summed E-state index contributed by atoms with van der Waals surface area (Å²) in [6.45, 7) is 2.96. The number of hydrogen-bond donors (Lipinski definition) is 3. The maximum Gasteiger partial charge on any atom is 0.352 e. The number of benzene rings is 2. The highest BCUT2D eigenvalue weighted by molar-refractivity contribution is 6.36. The van der Waals surface area contributed by atoms with Crippen LogP contribution in [-0.4, -0.2) is 61.9 Å². The van der Waals surface area contributed by atoms with Gasteiger partial charge in [-0.1, -0.05) is 11.6 Å². The Hall–Kier alpha value is -5.10. The minimum absolute atomic E-state index is 0.137. The Balaban J connectivity index is 0.000000176. The molecule has 0 bridgehead atoms. The van der Waals surface area contributed by atoms with Crippen LogP contribution in [0, 0.1) is 31.3 Å². The van der Waals surface area contributed by atoms with E-state index in [1.807, 2.05) is 9.47 Å². The summed E-state index contributed by atoms with van der Waals surface area (Å²) in [6, 6.07) is 3.08. The lowest BCUT2D eigenvalue weighted by Gasteiger charge is -2.30. The standard InChI is InChI=1S/C17H18FN3O3.C6HClN4O7/c18-13-7-11-14(8-15(13)20-5-3-19-4-6-20)21(10-1-2-10)9-12(16(11)22)17(23)24;7-1-3(9(13)14)2-5(11(17)18-8-2)6(12)4(1)10(15)16/h7-10,19H,1-6H2,(H,23,24);12H. The van der Waals surface area contributed by atoms with Crippen LogP contribution in [0.15, 0.2) is 27.8 Å². The van der Waals surface area contributed by atoms with E-state index in [1.165, 1.54) is 12.3 Å². The van der Waals surface area contributed by atoms with E-state index in [0.29, 0.717) is 24.3 Å². The number of carboxylic acids is 1. The number of nitrogens with zero attached hydrogens (tertiary/aromatic N) is 6. The van der Waals surface area contributed by atoms with Gasteiger partial charge in [-0.15, -0.1) is 0 Å². The molecule has 3 heterocycles. The largest absolute Gasteiger partial charge is 0.499 e. The number of pyridine rings is 1. The predicted octanol–water partition coefficient (Wildman–Crippen LogP) is 2.22. The average molecular weight is 608 g/mol. The molecule has 0 spiro atoms. The van der Waals surface area contributed by atoms with Gasteiger partial charge in [-0.2, -0.15) is 0 Å². The normalized spacial score (nSPS) is 15.0. The minimum atomic E-state index is -1.28. The van der Waals surface area contributed by atoms with Crippen molar-refractivity contribution in [2.45, 2.75) is 18.9 Å². The number of hydrogen-bond acceptors (Lipinski definition) is 12. The van der Waals surface area contributed by atoms with Gasteiger partial charge in [0.1, 0.15) is 11.4 Å². The Bertz CT molecular complexity index is 1850. The monoisotopic (exact) mass is 607 g/mol. The van der Waals surface area contributed by atoms with E-state index in [9.17, 15) is 49.6 Å². The molecule has 2 aromatic heterocycles. The third kappa shape index (κ3) is 4.85. The number of nitrogens with one attached hydrogen (secondary N) is 1. The fraction of sp³-hybridized carbons (Fsp3) is 0.304. The summed E-state index contributed by atoms with van der Waals surface area (Å²) in [5.74, 6) is -2.91. The SMILES string of the molecule is O=C(O)c1cn(C2CC2)c2cc(N3CCNCC3)c(F)cc2c1=O.O=[N+]([O-])c1c(Cl)c([N+](=O)[O-])c2no[n+]([O-])c2c1O. The van der Waals surface area contributed by atoms with Gasteiger partial charge < -0.3 is 30.2 Å². The third-order valence-corrected chi connectivity index (χ3v) is 7.15. The van der Waals surface area contributed by atoms with Crippen LogP contribution in [0.2, 0.25) is 5.02 Å². The van der Waals surface area contributed by atoms with Crippen LogP contribution in [0.4, 0.5) is 21.5 Å². The third-order valence-electron chi connectivity index (χ3n) is 6.80. The molecule has 1 saturated carbocycles. The second-order valence-electron chi connectivity index (χ2n) is 9.37. The van der Waals surface area contributed by atoms with E-state index in [2.05, 4.69) is 15.1 Å². The minimum Gasteiger partial charge on any atom is -0.499 e. The number of piperazine rings is 1. The number of aromatic nitrogens is 3. The molecule has 19 heteroatoms. The van der Waals surface area contributed by atoms with E-state index in [0.717, 1.165) is 25.9 Å². The summed E-state index contributed by atoms with van der Waals surface area (Å²) in [4.78, 5) is 44.5. The highest BCUT2D eigenvalue weighted by Gasteiger charge is 2.40. The molecular formula is C23H19ClFN7O10. The summed E-state index contributed by atoms with van der Waals surface area (Å²) in [5.41, 5.74) is -3.51. The van der Waals surface area contributed by atoms with Gasteiger partial charge in [0.15, 0.2) is 0 Å². The van der Waals surface area contributed by atoms with Crippen molar-refractivity contribution in [3.05, 3.63) is 70.4 Å². The zero-order valence-corrected chi connectivity index (χ0v) is 21.9. The average Bonchev–Trinajstić information content (AvgIpc) is 3.71. The second-order valence-corrected chi connectivity index (χ2v) is 9.75. The lowest BCUT2D eigenvalue weighted by molar-refractivity contribution is -0.782. The Labute approximate surface area is 236 Å². The summed E-state index contributed by atoms with van der Waals surface area (Å²) >= 11 is 5.46. The van der Waals surface area contributed by atoms with Crippen molar-refractivity contribution in [3.63, 3.8) is 0 Å². The number of anilines is 1. The first-order valence-electron chi connectivity index (χ1n) is 12.2. The number of aromatic hydroxyl groups is 1. The van der Waals surface area contributed by atoms with Crippen molar-refractivity contribution in [3.8, 4) is 5.75 Å². The van der Waals surface area contributed by atoms with Crippen LogP contribution in [-0.2, 0) is 0 Å². The first-order chi connectivity index (χ1) is 19.9. The number of rotatable bonds is 5. The molecule has 1 aliphatic carbocycles. The van der Waals surface area contributed by atoms with Crippen LogP contribution in [0.5, 0.6) is 5.75 Å². The number of aromatic carboxylic acids is 1. The molecule has 1 saturated heterocycles. The molecule has 0 atom stereocenters. The molecule has 0 radical (unpaired) electrons. The van der Waals surface area contributed by atoms with Gasteiger partial charge in [0.25, 0.3) is 11.3 Å². The number of nitro groups is 2. The highest BCUT2D eigenvalue weighted by Crippen LogP contribution is 2.45. The quantitative estimate of drug-likeness (QED) is 0.168. The molecule has 220 valence electrons. The van der Waals surface area contributed by atoms with Crippen molar-refractivity contribution < 1.29 is 38.8 Å². The zero-order valence-electron chi connectivity index (χ0n) is 21.2. The molecular weight excluding hydrogens is 589 g/mol. The summed E-state index contributed by atoms with van der Waals surface area (Å²) in [5, 5.41) is 56.7. The number of carbonyl (C=O) groups is 1. The van der Waals surface area contributed by atoms with Gasteiger partial charge in [-0.25, -0.2) is 9.18 Å². The molecule has 4 aromatic rings. The van der Waals surface area contributed by atoms with Crippen molar-refractivity contribution in [2.24, 2.45) is 0 Å². The maximum atomic E-state index is 14.6. The molecule has 0 unspecified atom stereocenters. The number of carboxylic acid groups (broad SMARTS) is 1. The Morgan fingerprint density at radius 1 is 1.19 bits per heavy atom. The molecule has 3 N–H and O–H groups in total. The fourth-order valence-electron chi connectivity index (χ4n) is 4.68. The van der Waals surface area contributed by atoms with Crippen LogP contribution in [0.3, 0.4) is 0 Å². The first kappa shape index (κ1) is 28.4. The van der Waals surface area contributed by atoms with E-state index in [-0.39, 0.29) is 21.9 Å². The second kappa shape index (κ2) is 10.7. The van der Waals surface area contributed by atoms with Gasteiger partial charge >= 0.3 is 22.9 Å². The van der Waals surface area contributed by atoms with Gasteiger partial charge in [0.05, 0.1) is 26.2 Å². The molecule has 1 aliphatic heterocycles. The van der Waals surface area contributed by atoms with Crippen LogP contribution >= 0.6 is 11.6 Å². The number of nitro benzene ring substituents is 2. The topological polar surface area (TPSA) is 234 Å². The van der Waals surface area contributed by atoms with Gasteiger partial charge in [0, 0.05) is 43.8 Å². The first-order valence-corrected chi connectivity index (χ1v) is 12.6. The molecule has 17 nitrogen and oxygen atoms in total. The van der Waals surface area contributed by atoms with Gasteiger partial charge in [-0.05, 0) is 29.9 Å². The van der Waals surface area contributed by atoms with Gasteiger partial charge in [-0.3, -0.25) is 29.7 Å². The van der Waals surface area contributed by atoms with Crippen molar-refractivity contribution in [1.29, 1.82) is 0 Å². The lowest BCUT2D eigenvalue weighted by Crippen LogP contribution is -2.43. The number of fused-ring (bicyclic) bond motifs is 2. The van der Waals surface area contributed by atoms with Crippen LogP contribution in [0.25, 0.3) is 21.9 Å². The van der Waals surface area contributed by atoms with E-state index >= 15 is 0 Å². The Kier molecular flexibility index (Phi) is 7.25. The van der Waals surface area contributed by atoms with Crippen LogP contribution < -0.4 is 20.5 Å². The number of phenols is 1. The molecule has 6 rings (SSSR count). The van der Waals surface area contributed by atoms with Gasteiger partial charge in [0.2, 0.25) is 10.5 Å². The maximum absolute atomic E-state index is 14.6. The Morgan fingerprint density at radius 2 is 1.83 bits per heavy atom. The van der Waals surface area contributed by atoms with Crippen molar-refractivity contribution in [2.75, 3.05) is 31.1 Å². The zero-order chi connectivity index (χ0) is 30.5. The summed E-state index contributed by atoms with van der Waals surface area (Å²) in [7, 11) is 0. The van der Waals surface area contributed by atoms with E-state index < -0.39 is 60.2 Å². The summed E-state index contributed by atoms with van der Waals surface area (Å²) in [6.07, 6.45) is 3.29. The lowest BCUT2D eigenvalue weighted by atomic mass is 10.1. The smallest absolute Gasteiger partial charge is 0.352 e. The molecule has 0 amide bonds. The van der Waals surface area contributed by atoms with Crippen LogP contribution in [0.1, 0.15) is 29.2 Å². The number of phenolic OH excluding ortho intramolecular Hbond substituents is 1. The molecule has 42 heavy (non-hydrogen) atoms. The predicted molar refractivity (Wildman–Crippen MR) is 141 cm³/mol. The van der Waals surface area contributed by atoms with E-state index in [1.54, 1.807) is 6.07 Å².